The Kier molecular flexibility index (Phi) is 8.37. The van der Waals surface area contributed by atoms with E-state index in [2.05, 4.69) is 16.3 Å². The number of sulfonamides is 1. The largest absolute Gasteiger partial charge is 0.379 e. The lowest BCUT2D eigenvalue weighted by atomic mass is 9.96. The first-order chi connectivity index (χ1) is 16.4. The standard InChI is InChI=1S/C26H35N3O4S/c1-28(24-9-3-2-4-10-24)34(31,32)25-13-11-21(12-14-25)26(30)27-19-22-7-5-6-8-23(22)20-29-15-17-33-18-16-29/h5-8,11-14,24H,2-4,9-10,15-20H2,1H3,(H,27,30). The molecule has 1 amide bonds. The van der Waals surface area contributed by atoms with Crippen LogP contribution in [0.4, 0.5) is 0 Å². The van der Waals surface area contributed by atoms with E-state index in [9.17, 15) is 13.2 Å². The molecule has 1 N–H and O–H groups in total. The van der Waals surface area contributed by atoms with Gasteiger partial charge >= 0.3 is 0 Å². The Morgan fingerprint density at radius 1 is 1.00 bits per heavy atom. The number of nitrogens with one attached hydrogen (secondary N) is 1. The van der Waals surface area contributed by atoms with Crippen molar-refractivity contribution in [1.29, 1.82) is 0 Å². The molecule has 1 saturated carbocycles. The molecule has 0 atom stereocenters. The first kappa shape index (κ1) is 24.9. The second kappa shape index (κ2) is 11.4. The van der Waals surface area contributed by atoms with Crippen LogP contribution in [0.1, 0.15) is 53.6 Å². The Bertz CT molecular complexity index is 1060. The molecule has 0 bridgehead atoms. The topological polar surface area (TPSA) is 79.0 Å². The molecule has 2 aromatic rings. The quantitative estimate of drug-likeness (QED) is 0.620. The molecule has 8 heteroatoms. The van der Waals surface area contributed by atoms with Crippen molar-refractivity contribution < 1.29 is 17.9 Å². The monoisotopic (exact) mass is 485 g/mol. The lowest BCUT2D eigenvalue weighted by Gasteiger charge is -2.30. The Balaban J connectivity index is 1.37. The fraction of sp³-hybridized carbons (Fsp3) is 0.500. The predicted molar refractivity (Wildman–Crippen MR) is 132 cm³/mol. The molecular weight excluding hydrogens is 450 g/mol. The van der Waals surface area contributed by atoms with Gasteiger partial charge in [-0.1, -0.05) is 43.5 Å². The van der Waals surface area contributed by atoms with E-state index in [1.165, 1.54) is 28.4 Å². The zero-order valence-corrected chi connectivity index (χ0v) is 20.7. The van der Waals surface area contributed by atoms with Crippen LogP contribution in [0.15, 0.2) is 53.4 Å². The number of rotatable bonds is 8. The predicted octanol–water partition coefficient (Wildman–Crippen LogP) is 3.40. The molecule has 0 radical (unpaired) electrons. The van der Waals surface area contributed by atoms with Gasteiger partial charge in [0.25, 0.3) is 5.91 Å². The first-order valence-corrected chi connectivity index (χ1v) is 13.6. The van der Waals surface area contributed by atoms with Crippen molar-refractivity contribution >= 4 is 15.9 Å². The van der Waals surface area contributed by atoms with E-state index in [4.69, 9.17) is 4.74 Å². The van der Waals surface area contributed by atoms with Crippen molar-refractivity contribution in [2.24, 2.45) is 0 Å². The van der Waals surface area contributed by atoms with Crippen LogP contribution in [0.2, 0.25) is 0 Å². The number of morpholine rings is 1. The third-order valence-electron chi connectivity index (χ3n) is 6.94. The van der Waals surface area contributed by atoms with Crippen LogP contribution >= 0.6 is 0 Å². The number of benzene rings is 2. The molecule has 2 aliphatic rings. The van der Waals surface area contributed by atoms with Gasteiger partial charge in [-0.15, -0.1) is 0 Å². The van der Waals surface area contributed by atoms with Gasteiger partial charge in [-0.2, -0.15) is 4.31 Å². The molecule has 1 heterocycles. The van der Waals surface area contributed by atoms with E-state index < -0.39 is 10.0 Å². The van der Waals surface area contributed by atoms with Gasteiger partial charge in [0.05, 0.1) is 18.1 Å². The average molecular weight is 486 g/mol. The van der Waals surface area contributed by atoms with Crippen LogP contribution < -0.4 is 5.32 Å². The van der Waals surface area contributed by atoms with E-state index in [0.29, 0.717) is 12.1 Å². The van der Waals surface area contributed by atoms with Gasteiger partial charge < -0.3 is 10.1 Å². The molecule has 0 spiro atoms. The van der Waals surface area contributed by atoms with Crippen molar-refractivity contribution in [2.45, 2.75) is 56.1 Å². The number of hydrogen-bond donors (Lipinski definition) is 1. The molecular formula is C26H35N3O4S. The summed E-state index contributed by atoms with van der Waals surface area (Å²) in [5, 5.41) is 2.98. The SMILES string of the molecule is CN(C1CCCCC1)S(=O)(=O)c1ccc(C(=O)NCc2ccccc2CN2CCOCC2)cc1. The van der Waals surface area contributed by atoms with Crippen LogP contribution in [-0.4, -0.2) is 62.9 Å². The number of amides is 1. The molecule has 0 aromatic heterocycles. The van der Waals surface area contributed by atoms with Gasteiger partial charge in [-0.25, -0.2) is 8.42 Å². The summed E-state index contributed by atoms with van der Waals surface area (Å²) >= 11 is 0. The van der Waals surface area contributed by atoms with Crippen molar-refractivity contribution in [3.8, 4) is 0 Å². The minimum atomic E-state index is -3.57. The normalized spacial score (nSPS) is 18.2. The minimum Gasteiger partial charge on any atom is -0.379 e. The number of nitrogens with zero attached hydrogens (tertiary/aromatic N) is 2. The lowest BCUT2D eigenvalue weighted by molar-refractivity contribution is 0.0340. The molecule has 1 saturated heterocycles. The second-order valence-corrected chi connectivity index (χ2v) is 11.2. The Hall–Kier alpha value is -2.26. The van der Waals surface area contributed by atoms with E-state index in [0.717, 1.165) is 64.1 Å². The summed E-state index contributed by atoms with van der Waals surface area (Å²) < 4.78 is 33.0. The fourth-order valence-corrected chi connectivity index (χ4v) is 6.16. The van der Waals surface area contributed by atoms with Gasteiger partial charge in [0.15, 0.2) is 0 Å². The Morgan fingerprint density at radius 3 is 2.32 bits per heavy atom. The Morgan fingerprint density at radius 2 is 1.65 bits per heavy atom. The zero-order valence-electron chi connectivity index (χ0n) is 19.9. The summed E-state index contributed by atoms with van der Waals surface area (Å²) in [7, 11) is -1.90. The van der Waals surface area contributed by atoms with Gasteiger partial charge in [0.2, 0.25) is 10.0 Å². The smallest absolute Gasteiger partial charge is 0.251 e. The first-order valence-electron chi connectivity index (χ1n) is 12.2. The van der Waals surface area contributed by atoms with Crippen LogP contribution in [-0.2, 0) is 27.8 Å². The summed E-state index contributed by atoms with van der Waals surface area (Å²) in [6.45, 7) is 4.57. The average Bonchev–Trinajstić information content (AvgIpc) is 2.88. The van der Waals surface area contributed by atoms with Gasteiger partial charge in [0, 0.05) is 44.8 Å². The maximum atomic E-state index is 13.0. The lowest BCUT2D eigenvalue weighted by Crippen LogP contribution is -2.38. The highest BCUT2D eigenvalue weighted by Crippen LogP contribution is 2.26. The van der Waals surface area contributed by atoms with Gasteiger partial charge in [-0.3, -0.25) is 9.69 Å². The molecule has 1 aliphatic carbocycles. The molecule has 4 rings (SSSR count). The third-order valence-corrected chi connectivity index (χ3v) is 8.86. The van der Waals surface area contributed by atoms with Gasteiger partial charge in [0.1, 0.15) is 0 Å². The van der Waals surface area contributed by atoms with Crippen LogP contribution in [0.25, 0.3) is 0 Å². The molecule has 1 aliphatic heterocycles. The molecule has 34 heavy (non-hydrogen) atoms. The number of carbonyl (C=O) groups excluding carboxylic acids is 1. The van der Waals surface area contributed by atoms with Crippen LogP contribution in [0, 0.1) is 0 Å². The Labute approximate surface area is 203 Å². The zero-order chi connectivity index (χ0) is 24.0. The highest BCUT2D eigenvalue weighted by molar-refractivity contribution is 7.89. The van der Waals surface area contributed by atoms with E-state index >= 15 is 0 Å². The van der Waals surface area contributed by atoms with E-state index in [1.54, 1.807) is 19.2 Å². The fourth-order valence-electron chi connectivity index (χ4n) is 4.75. The van der Waals surface area contributed by atoms with Crippen LogP contribution in [0.3, 0.4) is 0 Å². The summed E-state index contributed by atoms with van der Waals surface area (Å²) in [4.78, 5) is 15.3. The molecule has 0 unspecified atom stereocenters. The number of hydrogen-bond acceptors (Lipinski definition) is 5. The van der Waals surface area contributed by atoms with Crippen molar-refractivity contribution in [3.05, 3.63) is 65.2 Å². The highest BCUT2D eigenvalue weighted by atomic mass is 32.2. The van der Waals surface area contributed by atoms with Crippen molar-refractivity contribution in [3.63, 3.8) is 0 Å². The maximum absolute atomic E-state index is 13.0. The number of carbonyl (C=O) groups is 1. The molecule has 7 nitrogen and oxygen atoms in total. The summed E-state index contributed by atoms with van der Waals surface area (Å²) in [5.41, 5.74) is 2.72. The summed E-state index contributed by atoms with van der Waals surface area (Å²) in [6, 6.07) is 14.4. The molecule has 184 valence electrons. The third kappa shape index (κ3) is 6.05. The molecule has 2 fully saturated rings. The molecule has 2 aromatic carbocycles. The summed E-state index contributed by atoms with van der Waals surface area (Å²) in [6.07, 6.45) is 5.12. The highest BCUT2D eigenvalue weighted by Gasteiger charge is 2.29. The minimum absolute atomic E-state index is 0.0549. The number of ether oxygens (including phenoxy) is 1. The van der Waals surface area contributed by atoms with Crippen molar-refractivity contribution in [1.82, 2.24) is 14.5 Å². The van der Waals surface area contributed by atoms with E-state index in [1.807, 2.05) is 18.2 Å². The van der Waals surface area contributed by atoms with Crippen molar-refractivity contribution in [2.75, 3.05) is 33.4 Å². The van der Waals surface area contributed by atoms with E-state index in [-0.39, 0.29) is 16.8 Å². The summed E-state index contributed by atoms with van der Waals surface area (Å²) in [5.74, 6) is -0.217. The van der Waals surface area contributed by atoms with Crippen LogP contribution in [0.5, 0.6) is 0 Å². The second-order valence-electron chi connectivity index (χ2n) is 9.18. The van der Waals surface area contributed by atoms with Gasteiger partial charge in [-0.05, 0) is 48.2 Å². The maximum Gasteiger partial charge on any atom is 0.251 e.